The molecule has 31 heavy (non-hydrogen) atoms. The molecule has 4 aliphatic heterocycles. The van der Waals surface area contributed by atoms with Gasteiger partial charge in [-0.3, -0.25) is 9.88 Å². The van der Waals surface area contributed by atoms with E-state index in [0.29, 0.717) is 23.9 Å². The number of aromatic nitrogens is 1. The Morgan fingerprint density at radius 1 is 1.32 bits per heavy atom. The van der Waals surface area contributed by atoms with E-state index >= 15 is 0 Å². The molecule has 0 spiro atoms. The second kappa shape index (κ2) is 9.23. The van der Waals surface area contributed by atoms with Gasteiger partial charge in [0.2, 0.25) is 0 Å². The lowest BCUT2D eigenvalue weighted by atomic mass is 9.73. The summed E-state index contributed by atoms with van der Waals surface area (Å²) in [5.74, 6) is 1.33. The standard InChI is InChI=1S/C25H33N5S/c1-2-17-16-30-13-10-18(17)14-23(30)24(29-25(31)28-15-19-6-5-11-26-19)21-9-12-27-22-8-4-3-7-20(21)22/h2-4,7-9,12,17-19,23-24,26H,1,5-6,10-11,13-16H2,(H2,28,29,31)/t17?,18?,19-,23?,24+/m0/s1. The molecule has 0 amide bonds. The lowest BCUT2D eigenvalue weighted by molar-refractivity contribution is 0.00430. The smallest absolute Gasteiger partial charge is 0.166 e. The summed E-state index contributed by atoms with van der Waals surface area (Å²) in [4.78, 5) is 7.25. The maximum Gasteiger partial charge on any atom is 0.166 e. The van der Waals surface area contributed by atoms with E-state index in [2.05, 4.69) is 68.8 Å². The maximum atomic E-state index is 5.79. The minimum absolute atomic E-state index is 0.137. The first-order valence-electron chi connectivity index (χ1n) is 11.7. The van der Waals surface area contributed by atoms with Gasteiger partial charge in [0.25, 0.3) is 0 Å². The lowest BCUT2D eigenvalue weighted by Crippen LogP contribution is -2.58. The van der Waals surface area contributed by atoms with Gasteiger partial charge >= 0.3 is 0 Å². The quantitative estimate of drug-likeness (QED) is 0.478. The topological polar surface area (TPSA) is 52.2 Å². The average Bonchev–Trinajstić information content (AvgIpc) is 3.35. The van der Waals surface area contributed by atoms with Crippen molar-refractivity contribution in [2.24, 2.45) is 11.8 Å². The van der Waals surface area contributed by atoms with Crippen LogP contribution in [0.5, 0.6) is 0 Å². The third-order valence-corrected chi connectivity index (χ3v) is 7.78. The Balaban J connectivity index is 1.41. The second-order valence-corrected chi connectivity index (χ2v) is 9.70. The Morgan fingerprint density at radius 3 is 3.00 bits per heavy atom. The van der Waals surface area contributed by atoms with Crippen LogP contribution >= 0.6 is 12.2 Å². The van der Waals surface area contributed by atoms with Gasteiger partial charge in [-0.15, -0.1) is 6.58 Å². The minimum atomic E-state index is 0.137. The van der Waals surface area contributed by atoms with E-state index in [1.165, 1.54) is 36.6 Å². The Hall–Kier alpha value is -2.02. The molecule has 4 unspecified atom stereocenters. The highest BCUT2D eigenvalue weighted by Crippen LogP contribution is 2.42. The molecular weight excluding hydrogens is 402 g/mol. The third-order valence-electron chi connectivity index (χ3n) is 7.51. The van der Waals surface area contributed by atoms with E-state index in [9.17, 15) is 0 Å². The van der Waals surface area contributed by atoms with E-state index in [-0.39, 0.29) is 6.04 Å². The molecule has 1 aromatic heterocycles. The molecule has 4 fully saturated rings. The number of piperidine rings is 3. The van der Waals surface area contributed by atoms with Gasteiger partial charge < -0.3 is 16.0 Å². The highest BCUT2D eigenvalue weighted by Gasteiger charge is 2.43. The fourth-order valence-corrected chi connectivity index (χ4v) is 6.04. The summed E-state index contributed by atoms with van der Waals surface area (Å²) in [7, 11) is 0. The first-order chi connectivity index (χ1) is 15.2. The summed E-state index contributed by atoms with van der Waals surface area (Å²) >= 11 is 5.79. The van der Waals surface area contributed by atoms with Crippen molar-refractivity contribution in [3.8, 4) is 0 Å². The molecule has 2 aromatic rings. The molecule has 2 bridgehead atoms. The molecule has 4 saturated heterocycles. The molecular formula is C25H33N5S. The molecule has 4 aliphatic rings. The van der Waals surface area contributed by atoms with Gasteiger partial charge in [0, 0.05) is 36.8 Å². The fourth-order valence-electron chi connectivity index (χ4n) is 5.83. The number of thiocarbonyl (C=S) groups is 1. The predicted octanol–water partition coefficient (Wildman–Crippen LogP) is 3.39. The normalized spacial score (nSPS) is 30.8. The zero-order chi connectivity index (χ0) is 21.2. The van der Waals surface area contributed by atoms with Crippen molar-refractivity contribution < 1.29 is 0 Å². The van der Waals surface area contributed by atoms with Crippen molar-refractivity contribution >= 4 is 28.2 Å². The van der Waals surface area contributed by atoms with Crippen molar-refractivity contribution in [3.05, 3.63) is 54.7 Å². The van der Waals surface area contributed by atoms with E-state index < -0.39 is 0 Å². The van der Waals surface area contributed by atoms with Crippen molar-refractivity contribution in [1.82, 2.24) is 25.8 Å². The van der Waals surface area contributed by atoms with E-state index in [0.717, 1.165) is 36.8 Å². The highest BCUT2D eigenvalue weighted by atomic mass is 32.1. The SMILES string of the molecule is C=CC1CN2CCC1CC2[C@H](NC(=S)NC[C@@H]1CCCN1)c1ccnc2ccccc12. The van der Waals surface area contributed by atoms with Gasteiger partial charge in [-0.25, -0.2) is 0 Å². The monoisotopic (exact) mass is 435 g/mol. The number of nitrogens with zero attached hydrogens (tertiary/aromatic N) is 2. The van der Waals surface area contributed by atoms with Crippen LogP contribution in [0.15, 0.2) is 49.2 Å². The molecule has 3 N–H and O–H groups in total. The molecule has 5 nitrogen and oxygen atoms in total. The van der Waals surface area contributed by atoms with Crippen molar-refractivity contribution in [2.75, 3.05) is 26.2 Å². The van der Waals surface area contributed by atoms with Crippen molar-refractivity contribution in [2.45, 2.75) is 43.8 Å². The number of benzene rings is 1. The Labute approximate surface area is 190 Å². The highest BCUT2D eigenvalue weighted by molar-refractivity contribution is 7.80. The number of rotatable bonds is 6. The van der Waals surface area contributed by atoms with Crippen molar-refractivity contribution in [1.29, 1.82) is 0 Å². The number of hydrogen-bond donors (Lipinski definition) is 3. The van der Waals surface area contributed by atoms with Crippen LogP contribution in [0, 0.1) is 11.8 Å². The van der Waals surface area contributed by atoms with Crippen LogP contribution in [-0.2, 0) is 0 Å². The van der Waals surface area contributed by atoms with Gasteiger partial charge in [0.05, 0.1) is 11.6 Å². The number of para-hydroxylation sites is 1. The molecule has 164 valence electrons. The summed E-state index contributed by atoms with van der Waals surface area (Å²) in [6.45, 7) is 8.35. The van der Waals surface area contributed by atoms with Crippen LogP contribution in [0.3, 0.4) is 0 Å². The van der Waals surface area contributed by atoms with Gasteiger partial charge in [0.1, 0.15) is 0 Å². The van der Waals surface area contributed by atoms with Crippen molar-refractivity contribution in [3.63, 3.8) is 0 Å². The Kier molecular flexibility index (Phi) is 6.21. The molecule has 6 atom stereocenters. The Bertz CT molecular complexity index is 935. The number of fused-ring (bicyclic) bond motifs is 4. The summed E-state index contributed by atoms with van der Waals surface area (Å²) in [6, 6.07) is 11.7. The van der Waals surface area contributed by atoms with Gasteiger partial charge in [0.15, 0.2) is 5.11 Å². The number of pyridine rings is 1. The first kappa shape index (κ1) is 20.9. The lowest BCUT2D eigenvalue weighted by Gasteiger charge is -2.52. The zero-order valence-electron chi connectivity index (χ0n) is 18.1. The molecule has 6 heteroatoms. The fraction of sp³-hybridized carbons (Fsp3) is 0.520. The van der Waals surface area contributed by atoms with E-state index in [1.54, 1.807) is 0 Å². The summed E-state index contributed by atoms with van der Waals surface area (Å²) in [5.41, 5.74) is 2.34. The van der Waals surface area contributed by atoms with Crippen LogP contribution in [0.2, 0.25) is 0 Å². The zero-order valence-corrected chi connectivity index (χ0v) is 18.9. The second-order valence-electron chi connectivity index (χ2n) is 9.29. The molecule has 5 heterocycles. The van der Waals surface area contributed by atoms with Gasteiger partial charge in [-0.05, 0) is 80.5 Å². The molecule has 0 aliphatic carbocycles. The first-order valence-corrected chi connectivity index (χ1v) is 12.1. The van der Waals surface area contributed by atoms with Gasteiger partial charge in [-0.2, -0.15) is 0 Å². The molecule has 1 aromatic carbocycles. The summed E-state index contributed by atoms with van der Waals surface area (Å²) in [6.07, 6.45) is 9.02. The van der Waals surface area contributed by atoms with Crippen LogP contribution in [0.25, 0.3) is 10.9 Å². The van der Waals surface area contributed by atoms with E-state index in [4.69, 9.17) is 12.2 Å². The van der Waals surface area contributed by atoms with E-state index in [1.807, 2.05) is 6.20 Å². The largest absolute Gasteiger partial charge is 0.361 e. The third kappa shape index (κ3) is 4.34. The predicted molar refractivity (Wildman–Crippen MR) is 131 cm³/mol. The minimum Gasteiger partial charge on any atom is -0.361 e. The molecule has 0 saturated carbocycles. The van der Waals surface area contributed by atoms with Crippen LogP contribution in [0.4, 0.5) is 0 Å². The van der Waals surface area contributed by atoms with Crippen LogP contribution in [0.1, 0.15) is 37.3 Å². The van der Waals surface area contributed by atoms with Crippen LogP contribution < -0.4 is 16.0 Å². The van der Waals surface area contributed by atoms with Gasteiger partial charge in [-0.1, -0.05) is 24.3 Å². The maximum absolute atomic E-state index is 5.79. The number of hydrogen-bond acceptors (Lipinski definition) is 4. The average molecular weight is 436 g/mol. The molecule has 6 rings (SSSR count). The number of nitrogens with one attached hydrogen (secondary N) is 3. The summed E-state index contributed by atoms with van der Waals surface area (Å²) < 4.78 is 0. The van der Waals surface area contributed by atoms with Crippen LogP contribution in [-0.4, -0.2) is 53.3 Å². The summed E-state index contributed by atoms with van der Waals surface area (Å²) in [5, 5.41) is 12.7. The Morgan fingerprint density at radius 2 is 2.23 bits per heavy atom. The molecule has 0 radical (unpaired) electrons.